The normalized spacial score (nSPS) is 27.6. The van der Waals surface area contributed by atoms with Crippen LogP contribution in [-0.2, 0) is 20.7 Å². The number of imidazole rings is 2. The lowest BCUT2D eigenvalue weighted by atomic mass is 10.1. The number of nitrogens with zero attached hydrogens (tertiary/aromatic N) is 8. The molecule has 23 nitrogen and oxygen atoms in total. The molecule has 11 N–H and O–H groups in total. The van der Waals surface area contributed by atoms with Gasteiger partial charge in [-0.05, 0) is 13.3 Å². The van der Waals surface area contributed by atoms with Gasteiger partial charge in [0.2, 0.25) is 0 Å². The zero-order valence-electron chi connectivity index (χ0n) is 27.7. The zero-order chi connectivity index (χ0) is 37.9. The molecule has 2 saturated heterocycles. The van der Waals surface area contributed by atoms with Crippen molar-refractivity contribution in [2.24, 2.45) is 0 Å². The molecule has 0 bridgehead atoms. The number of rotatable bonds is 11. The number of carboxylic acids is 1. The van der Waals surface area contributed by atoms with Crippen molar-refractivity contribution >= 4 is 40.1 Å². The van der Waals surface area contributed by atoms with E-state index in [-0.39, 0.29) is 23.4 Å². The van der Waals surface area contributed by atoms with Gasteiger partial charge in [-0.2, -0.15) is 0 Å². The van der Waals surface area contributed by atoms with Crippen molar-refractivity contribution in [3.63, 3.8) is 0 Å². The number of aliphatic carboxylic acids is 1. The molecule has 0 radical (unpaired) electrons. The van der Waals surface area contributed by atoms with Gasteiger partial charge in [0.25, 0.3) is 0 Å². The third-order valence-corrected chi connectivity index (χ3v) is 8.45. The van der Waals surface area contributed by atoms with Crippen LogP contribution >= 0.6 is 0 Å². The Hall–Kier alpha value is -4.56. The number of aliphatic hydroxyl groups is 8. The molecule has 0 saturated carbocycles. The van der Waals surface area contributed by atoms with Crippen molar-refractivity contribution in [2.45, 2.75) is 94.0 Å². The van der Waals surface area contributed by atoms with Gasteiger partial charge in [-0.25, -0.2) is 39.5 Å². The fraction of sp³-hybridized carbons (Fsp3) is 0.586. The van der Waals surface area contributed by atoms with Crippen LogP contribution in [0.5, 0.6) is 0 Å². The van der Waals surface area contributed by atoms with E-state index in [4.69, 9.17) is 19.7 Å². The monoisotopic (exact) mass is 736 g/mol. The number of hydrogen-bond acceptors (Lipinski definition) is 18. The Morgan fingerprint density at radius 1 is 0.808 bits per heavy atom. The molecule has 52 heavy (non-hydrogen) atoms. The summed E-state index contributed by atoms with van der Waals surface area (Å²) >= 11 is 0. The van der Waals surface area contributed by atoms with Crippen molar-refractivity contribution in [2.75, 3.05) is 18.5 Å². The highest BCUT2D eigenvalue weighted by Gasteiger charge is 2.45. The van der Waals surface area contributed by atoms with Crippen molar-refractivity contribution in [3.05, 3.63) is 31.0 Å². The van der Waals surface area contributed by atoms with Crippen LogP contribution in [0, 0.1) is 0 Å². The molecule has 2 aliphatic heterocycles. The second-order valence-electron chi connectivity index (χ2n) is 12.1. The summed E-state index contributed by atoms with van der Waals surface area (Å²) in [4.78, 5) is 48.0. The van der Waals surface area contributed by atoms with Crippen LogP contribution < -0.4 is 10.6 Å². The zero-order valence-corrected chi connectivity index (χ0v) is 27.7. The first kappa shape index (κ1) is 38.7. The van der Waals surface area contributed by atoms with Crippen molar-refractivity contribution in [3.8, 4) is 0 Å². The van der Waals surface area contributed by atoms with E-state index in [1.54, 1.807) is 13.8 Å². The fourth-order valence-electron chi connectivity index (χ4n) is 5.71. The maximum Gasteiger partial charge on any atom is 0.328 e. The molecule has 0 aliphatic carbocycles. The Balaban J connectivity index is 0.000000210. The van der Waals surface area contributed by atoms with Crippen LogP contribution in [0.1, 0.15) is 38.4 Å². The smallest absolute Gasteiger partial charge is 0.328 e. The topological polar surface area (TPSA) is 346 Å². The van der Waals surface area contributed by atoms with E-state index in [0.29, 0.717) is 23.3 Å². The predicted octanol–water partition coefficient (Wildman–Crippen LogP) is -3.86. The number of anilines is 1. The van der Waals surface area contributed by atoms with E-state index in [1.807, 2.05) is 0 Å². The third kappa shape index (κ3) is 7.77. The summed E-state index contributed by atoms with van der Waals surface area (Å²) in [6.45, 7) is 2.32. The lowest BCUT2D eigenvalue weighted by Crippen LogP contribution is -2.50. The number of carboxylic acid groups (broad SMARTS) is 1. The van der Waals surface area contributed by atoms with E-state index >= 15 is 0 Å². The molecule has 2 fully saturated rings. The van der Waals surface area contributed by atoms with E-state index in [9.17, 15) is 45.3 Å². The average Bonchev–Trinajstić information content (AvgIpc) is 3.88. The minimum absolute atomic E-state index is 0.0573. The second kappa shape index (κ2) is 16.4. The van der Waals surface area contributed by atoms with E-state index in [1.165, 1.54) is 28.1 Å². The summed E-state index contributed by atoms with van der Waals surface area (Å²) in [7, 11) is 0. The Kier molecular flexibility index (Phi) is 12.2. The Morgan fingerprint density at radius 2 is 1.33 bits per heavy atom. The largest absolute Gasteiger partial charge is 0.480 e. The molecule has 0 spiro atoms. The van der Waals surface area contributed by atoms with Gasteiger partial charge in [0.05, 0.1) is 43.8 Å². The van der Waals surface area contributed by atoms with Crippen LogP contribution in [0.2, 0.25) is 0 Å². The molecule has 284 valence electrons. The number of aromatic nitrogens is 8. The first-order valence-corrected chi connectivity index (χ1v) is 16.1. The van der Waals surface area contributed by atoms with Gasteiger partial charge in [0, 0.05) is 6.42 Å². The Morgan fingerprint density at radius 3 is 1.81 bits per heavy atom. The third-order valence-electron chi connectivity index (χ3n) is 8.45. The van der Waals surface area contributed by atoms with Gasteiger partial charge < -0.3 is 60.7 Å². The summed E-state index contributed by atoms with van der Waals surface area (Å²) < 4.78 is 13.7. The maximum absolute atomic E-state index is 12.2. The van der Waals surface area contributed by atoms with Crippen LogP contribution in [0.25, 0.3) is 22.3 Å². The molecule has 11 atom stereocenters. The Labute approximate surface area is 293 Å². The average molecular weight is 737 g/mol. The van der Waals surface area contributed by atoms with E-state index in [2.05, 4.69) is 40.5 Å². The lowest BCUT2D eigenvalue weighted by Gasteiger charge is -2.19. The summed E-state index contributed by atoms with van der Waals surface area (Å²) in [5, 5.41) is 91.3. The van der Waals surface area contributed by atoms with Gasteiger partial charge in [-0.15, -0.1) is 0 Å². The molecule has 0 aromatic carbocycles. The number of amides is 2. The fourth-order valence-corrected chi connectivity index (χ4v) is 5.71. The first-order valence-electron chi connectivity index (χ1n) is 16.1. The van der Waals surface area contributed by atoms with E-state index < -0.39 is 92.5 Å². The quantitative estimate of drug-likeness (QED) is 0.0702. The van der Waals surface area contributed by atoms with Crippen LogP contribution in [0.3, 0.4) is 0 Å². The molecule has 2 amide bonds. The number of aliphatic hydroxyl groups excluding tert-OH is 8. The number of hydrogen-bond donors (Lipinski definition) is 11. The highest BCUT2D eigenvalue weighted by Crippen LogP contribution is 2.33. The number of fused-ring (bicyclic) bond motifs is 2. The van der Waals surface area contributed by atoms with Gasteiger partial charge in [0.15, 0.2) is 41.1 Å². The summed E-state index contributed by atoms with van der Waals surface area (Å²) in [5.41, 5.74) is 1.78. The van der Waals surface area contributed by atoms with Gasteiger partial charge >= 0.3 is 12.0 Å². The van der Waals surface area contributed by atoms with E-state index in [0.717, 1.165) is 6.33 Å². The molecule has 5 unspecified atom stereocenters. The molecule has 2 aliphatic rings. The summed E-state index contributed by atoms with van der Waals surface area (Å²) in [6, 6.07) is -2.46. The number of nitrogens with one attached hydrogen (secondary N) is 2. The molecule has 4 aromatic rings. The van der Waals surface area contributed by atoms with Gasteiger partial charge in [-0.3, -0.25) is 14.5 Å². The SMILES string of the molecule is CC(O)Cc1ncnc2c1ncn2[C@@H]1O[C@H](CO)[C@H](O)C1O.CCC(O)C(NC(=O)Nc1ncnc2c1ncn2[C@@H]1O[C@H](CO)[C@H](O)C1O)C(=O)O. The highest BCUT2D eigenvalue weighted by atomic mass is 16.6. The molecule has 23 heteroatoms. The van der Waals surface area contributed by atoms with Crippen LogP contribution in [0.4, 0.5) is 10.6 Å². The number of ether oxygens (including phenoxy) is 2. The molecule has 6 heterocycles. The standard InChI is InChI=1S/C16H22N6O8.C13H18N4O5/c1-2-6(24)8(15(27)28)20-16(29)21-12-9-13(18-4-17-12)22(5-19-9)14-11(26)10(25)7(3-23)30-14;1-6(19)2-7-9-12(15-4-14-7)17(5-16-9)13-11(21)10(20)8(3-18)22-13/h4-8,10-11,14,23-26H,2-3H2,1H3,(H,27,28)(H2,17,18,20,21,29);4-6,8,10-11,13,18-21H,2-3H2,1H3/t6?,7-,8?,10+,11?,14-;6?,8-,10+,11?,13-/m11/s1. The predicted molar refractivity (Wildman–Crippen MR) is 172 cm³/mol. The van der Waals surface area contributed by atoms with Gasteiger partial charge in [-0.1, -0.05) is 6.92 Å². The number of carbonyl (C=O) groups is 2. The number of urea groups is 1. The highest BCUT2D eigenvalue weighted by molar-refractivity contribution is 5.97. The lowest BCUT2D eigenvalue weighted by molar-refractivity contribution is -0.142. The van der Waals surface area contributed by atoms with Crippen molar-refractivity contribution in [1.82, 2.24) is 44.4 Å². The Bertz CT molecular complexity index is 1840. The summed E-state index contributed by atoms with van der Waals surface area (Å²) in [5.74, 6) is -1.46. The molecule has 4 aromatic heterocycles. The first-order chi connectivity index (χ1) is 24.8. The second-order valence-corrected chi connectivity index (χ2v) is 12.1. The van der Waals surface area contributed by atoms with Gasteiger partial charge in [0.1, 0.15) is 54.8 Å². The molecule has 6 rings (SSSR count). The minimum Gasteiger partial charge on any atom is -0.480 e. The summed E-state index contributed by atoms with van der Waals surface area (Å²) in [6.07, 6.45) is -5.19. The number of carbonyl (C=O) groups excluding carboxylic acids is 1. The molecular formula is C29H40N10O13. The minimum atomic E-state index is -1.52. The van der Waals surface area contributed by atoms with Crippen LogP contribution in [0.15, 0.2) is 25.3 Å². The van der Waals surface area contributed by atoms with Crippen molar-refractivity contribution < 1.29 is 65.0 Å². The van der Waals surface area contributed by atoms with Crippen molar-refractivity contribution in [1.29, 1.82) is 0 Å². The molecular weight excluding hydrogens is 696 g/mol. The maximum atomic E-state index is 12.2. The van der Waals surface area contributed by atoms with Crippen LogP contribution in [-0.4, -0.2) is 165 Å².